The fraction of sp³-hybridized carbons (Fsp3) is 0.158. The van der Waals surface area contributed by atoms with E-state index in [-0.39, 0.29) is 17.1 Å². The highest BCUT2D eigenvalue weighted by atomic mass is 79.9. The third-order valence-electron chi connectivity index (χ3n) is 4.38. The van der Waals surface area contributed by atoms with Gasteiger partial charge in [-0.3, -0.25) is 9.59 Å². The van der Waals surface area contributed by atoms with Gasteiger partial charge in [-0.05, 0) is 36.8 Å². The van der Waals surface area contributed by atoms with Crippen molar-refractivity contribution in [1.82, 2.24) is 4.90 Å². The van der Waals surface area contributed by atoms with Crippen LogP contribution in [0.15, 0.2) is 62.2 Å². The van der Waals surface area contributed by atoms with E-state index in [4.69, 9.17) is 4.42 Å². The maximum absolute atomic E-state index is 13.0. The van der Waals surface area contributed by atoms with Crippen LogP contribution in [-0.2, 0) is 0 Å². The second-order valence-electron chi connectivity index (χ2n) is 5.72. The lowest BCUT2D eigenvalue weighted by molar-refractivity contribution is 0.0738. The number of rotatable bonds is 2. The first kappa shape index (κ1) is 15.1. The molecule has 1 aliphatic heterocycles. The Bertz CT molecular complexity index is 1020. The molecule has 0 N–H and O–H groups in total. The predicted octanol–water partition coefficient (Wildman–Crippen LogP) is 4.12. The van der Waals surface area contributed by atoms with Crippen molar-refractivity contribution in [2.24, 2.45) is 0 Å². The molecule has 1 atom stereocenters. The van der Waals surface area contributed by atoms with Crippen LogP contribution in [-0.4, -0.2) is 17.4 Å². The molecule has 0 saturated heterocycles. The van der Waals surface area contributed by atoms with Crippen molar-refractivity contribution in [3.05, 3.63) is 80.1 Å². The molecule has 0 radical (unpaired) electrons. The first-order valence-electron chi connectivity index (χ1n) is 7.74. The molecule has 1 aromatic heterocycles. The minimum atomic E-state index is -0.421. The fourth-order valence-corrected chi connectivity index (χ4v) is 3.73. The molecule has 2 heterocycles. The molecule has 0 saturated carbocycles. The summed E-state index contributed by atoms with van der Waals surface area (Å²) in [6, 6.07) is 14.3. The van der Waals surface area contributed by atoms with Crippen LogP contribution in [0.3, 0.4) is 0 Å². The largest absolute Gasteiger partial charge is 0.450 e. The van der Waals surface area contributed by atoms with Gasteiger partial charge in [0.05, 0.1) is 17.0 Å². The van der Waals surface area contributed by atoms with Crippen molar-refractivity contribution in [3.8, 4) is 0 Å². The number of fused-ring (bicyclic) bond motifs is 2. The number of halogens is 1. The van der Waals surface area contributed by atoms with Crippen LogP contribution >= 0.6 is 15.9 Å². The van der Waals surface area contributed by atoms with E-state index in [1.165, 1.54) is 0 Å². The molecule has 0 spiro atoms. The van der Waals surface area contributed by atoms with E-state index < -0.39 is 6.04 Å². The van der Waals surface area contributed by atoms with Gasteiger partial charge < -0.3 is 9.32 Å². The number of carbonyl (C=O) groups excluding carboxylic acids is 1. The fourth-order valence-electron chi connectivity index (χ4n) is 3.32. The summed E-state index contributed by atoms with van der Waals surface area (Å²) in [5.41, 5.74) is 1.63. The van der Waals surface area contributed by atoms with Crippen LogP contribution in [0.25, 0.3) is 11.0 Å². The number of hydrogen-bond acceptors (Lipinski definition) is 3. The van der Waals surface area contributed by atoms with Crippen molar-refractivity contribution in [3.63, 3.8) is 0 Å². The lowest BCUT2D eigenvalue weighted by atomic mass is 9.98. The highest BCUT2D eigenvalue weighted by Crippen LogP contribution is 2.38. The first-order valence-corrected chi connectivity index (χ1v) is 8.53. The van der Waals surface area contributed by atoms with Crippen molar-refractivity contribution < 1.29 is 9.21 Å². The van der Waals surface area contributed by atoms with Gasteiger partial charge in [-0.25, -0.2) is 0 Å². The Morgan fingerprint density at radius 2 is 1.92 bits per heavy atom. The SMILES string of the molecule is CCN1C(=O)c2oc3ccccc3c(=O)c2[C@H]1c1cccc(Br)c1. The summed E-state index contributed by atoms with van der Waals surface area (Å²) < 4.78 is 6.71. The molecule has 1 aliphatic rings. The second-order valence-corrected chi connectivity index (χ2v) is 6.63. The van der Waals surface area contributed by atoms with Gasteiger partial charge >= 0.3 is 0 Å². The third-order valence-corrected chi connectivity index (χ3v) is 4.87. The van der Waals surface area contributed by atoms with Crippen molar-refractivity contribution in [2.45, 2.75) is 13.0 Å². The Hall–Kier alpha value is -2.40. The number of para-hydroxylation sites is 1. The van der Waals surface area contributed by atoms with E-state index in [2.05, 4.69) is 15.9 Å². The molecule has 0 aliphatic carbocycles. The monoisotopic (exact) mass is 383 g/mol. The average Bonchev–Trinajstić information content (AvgIpc) is 2.88. The quantitative estimate of drug-likeness (QED) is 0.668. The van der Waals surface area contributed by atoms with Crippen LogP contribution in [0.2, 0.25) is 0 Å². The van der Waals surface area contributed by atoms with Crippen LogP contribution in [0, 0.1) is 0 Å². The molecular formula is C19H14BrNO3. The van der Waals surface area contributed by atoms with E-state index in [1.807, 2.05) is 31.2 Å². The molecule has 2 aromatic carbocycles. The molecule has 24 heavy (non-hydrogen) atoms. The molecule has 0 bridgehead atoms. The molecule has 3 aromatic rings. The van der Waals surface area contributed by atoms with Crippen LogP contribution in [0.5, 0.6) is 0 Å². The average molecular weight is 384 g/mol. The van der Waals surface area contributed by atoms with Gasteiger partial charge in [-0.1, -0.05) is 40.2 Å². The van der Waals surface area contributed by atoms with E-state index in [0.717, 1.165) is 10.0 Å². The zero-order valence-electron chi connectivity index (χ0n) is 13.0. The molecule has 1 amide bonds. The van der Waals surface area contributed by atoms with Gasteiger partial charge in [0.1, 0.15) is 5.58 Å². The zero-order chi connectivity index (χ0) is 16.8. The summed E-state index contributed by atoms with van der Waals surface area (Å²) in [7, 11) is 0. The summed E-state index contributed by atoms with van der Waals surface area (Å²) in [4.78, 5) is 27.5. The maximum atomic E-state index is 13.0. The second kappa shape index (κ2) is 5.60. The summed E-state index contributed by atoms with van der Waals surface area (Å²) in [5, 5.41) is 0.502. The number of benzene rings is 2. The van der Waals surface area contributed by atoms with Crippen molar-refractivity contribution in [2.75, 3.05) is 6.54 Å². The summed E-state index contributed by atoms with van der Waals surface area (Å²) in [5.74, 6) is -0.0779. The Morgan fingerprint density at radius 1 is 1.12 bits per heavy atom. The first-order chi connectivity index (χ1) is 11.6. The Balaban J connectivity index is 2.05. The standard InChI is InChI=1S/C19H14BrNO3/c1-2-21-16(11-6-5-7-12(20)10-11)15-17(22)13-8-3-4-9-14(13)24-18(15)19(21)23/h3-10,16H,2H2,1H3/t16-/m1/s1. The van der Waals surface area contributed by atoms with Gasteiger partial charge in [0, 0.05) is 11.0 Å². The van der Waals surface area contributed by atoms with Crippen LogP contribution in [0.1, 0.15) is 34.6 Å². The Morgan fingerprint density at radius 3 is 2.67 bits per heavy atom. The topological polar surface area (TPSA) is 50.5 Å². The van der Waals surface area contributed by atoms with Gasteiger partial charge in [0.25, 0.3) is 5.91 Å². The highest BCUT2D eigenvalue weighted by Gasteiger charge is 2.41. The van der Waals surface area contributed by atoms with E-state index in [9.17, 15) is 9.59 Å². The van der Waals surface area contributed by atoms with Gasteiger partial charge in [-0.2, -0.15) is 0 Å². The molecule has 4 nitrogen and oxygen atoms in total. The van der Waals surface area contributed by atoms with E-state index in [0.29, 0.717) is 23.1 Å². The van der Waals surface area contributed by atoms with Crippen molar-refractivity contribution in [1.29, 1.82) is 0 Å². The summed E-state index contributed by atoms with van der Waals surface area (Å²) in [6.07, 6.45) is 0. The molecule has 0 unspecified atom stereocenters. The van der Waals surface area contributed by atoms with Gasteiger partial charge in [0.15, 0.2) is 5.43 Å². The number of carbonyl (C=O) groups is 1. The summed E-state index contributed by atoms with van der Waals surface area (Å²) >= 11 is 3.46. The van der Waals surface area contributed by atoms with E-state index >= 15 is 0 Å². The molecule has 5 heteroatoms. The molecule has 120 valence electrons. The van der Waals surface area contributed by atoms with Crippen LogP contribution in [0.4, 0.5) is 0 Å². The highest BCUT2D eigenvalue weighted by molar-refractivity contribution is 9.10. The molecular weight excluding hydrogens is 370 g/mol. The molecule has 4 rings (SSSR count). The maximum Gasteiger partial charge on any atom is 0.290 e. The third kappa shape index (κ3) is 2.12. The van der Waals surface area contributed by atoms with Crippen LogP contribution < -0.4 is 5.43 Å². The number of hydrogen-bond donors (Lipinski definition) is 0. The Kier molecular flexibility index (Phi) is 3.53. The normalized spacial score (nSPS) is 16.7. The lowest BCUT2D eigenvalue weighted by Gasteiger charge is -2.23. The minimum Gasteiger partial charge on any atom is -0.450 e. The minimum absolute atomic E-state index is 0.138. The Labute approximate surface area is 146 Å². The number of amides is 1. The lowest BCUT2D eigenvalue weighted by Crippen LogP contribution is -2.29. The smallest absolute Gasteiger partial charge is 0.290 e. The predicted molar refractivity (Wildman–Crippen MR) is 95.2 cm³/mol. The zero-order valence-corrected chi connectivity index (χ0v) is 14.5. The van der Waals surface area contributed by atoms with Crippen molar-refractivity contribution >= 4 is 32.8 Å². The number of nitrogens with zero attached hydrogens (tertiary/aromatic N) is 1. The molecule has 0 fully saturated rings. The summed E-state index contributed by atoms with van der Waals surface area (Å²) in [6.45, 7) is 2.40. The van der Waals surface area contributed by atoms with Gasteiger partial charge in [-0.15, -0.1) is 0 Å². The van der Waals surface area contributed by atoms with E-state index in [1.54, 1.807) is 29.2 Å². The van der Waals surface area contributed by atoms with Gasteiger partial charge in [0.2, 0.25) is 5.76 Å².